The van der Waals surface area contributed by atoms with Gasteiger partial charge in [-0.25, -0.2) is 13.2 Å². The van der Waals surface area contributed by atoms with Crippen LogP contribution in [-0.4, -0.2) is 42.0 Å². The third-order valence-electron chi connectivity index (χ3n) is 6.27. The lowest BCUT2D eigenvalue weighted by Gasteiger charge is -2.31. The highest BCUT2D eigenvalue weighted by Gasteiger charge is 2.47. The molecule has 0 saturated carbocycles. The number of carbonyl (C=O) groups excluding carboxylic acids is 2. The van der Waals surface area contributed by atoms with Crippen molar-refractivity contribution in [3.05, 3.63) is 117 Å². The number of hydrogen-bond acceptors (Lipinski definition) is 7. The van der Waals surface area contributed by atoms with Gasteiger partial charge in [0.15, 0.2) is 5.78 Å². The van der Waals surface area contributed by atoms with Gasteiger partial charge in [0.25, 0.3) is 5.69 Å². The fraction of sp³-hybridized carbons (Fsp3) is 0.214. The molecule has 4 rings (SSSR count). The van der Waals surface area contributed by atoms with Crippen LogP contribution in [0.2, 0.25) is 0 Å². The zero-order chi connectivity index (χ0) is 27.4. The Labute approximate surface area is 220 Å². The number of ether oxygens (including phenoxy) is 1. The van der Waals surface area contributed by atoms with E-state index < -0.39 is 38.8 Å². The molecule has 3 aromatic rings. The van der Waals surface area contributed by atoms with Crippen LogP contribution in [0.5, 0.6) is 0 Å². The SMILES string of the molecule is CCOC(=O)C1=C[C@@H](CC(=O)c2ccc([N+](=O)[O-])cc2)N(S(=O)(=O)c2ccc(C)cc2)[C@H]1c1ccccc1. The summed E-state index contributed by atoms with van der Waals surface area (Å²) in [6, 6.07) is 18.1. The van der Waals surface area contributed by atoms with Crippen molar-refractivity contribution in [2.75, 3.05) is 6.61 Å². The van der Waals surface area contributed by atoms with Crippen LogP contribution in [0.1, 0.15) is 40.9 Å². The van der Waals surface area contributed by atoms with Crippen LogP contribution in [0.4, 0.5) is 5.69 Å². The Hall–Kier alpha value is -4.15. The second-order valence-electron chi connectivity index (χ2n) is 8.80. The zero-order valence-electron chi connectivity index (χ0n) is 20.8. The van der Waals surface area contributed by atoms with E-state index in [1.807, 2.05) is 6.92 Å². The first-order valence-electron chi connectivity index (χ1n) is 11.9. The van der Waals surface area contributed by atoms with Gasteiger partial charge in [0, 0.05) is 24.1 Å². The summed E-state index contributed by atoms with van der Waals surface area (Å²) in [5, 5.41) is 11.0. The second-order valence-corrected chi connectivity index (χ2v) is 10.6. The molecule has 1 heterocycles. The van der Waals surface area contributed by atoms with Gasteiger partial charge in [0.1, 0.15) is 0 Å². The normalized spacial score (nSPS) is 17.6. The minimum Gasteiger partial charge on any atom is -0.463 e. The van der Waals surface area contributed by atoms with Crippen molar-refractivity contribution in [1.29, 1.82) is 0 Å². The summed E-state index contributed by atoms with van der Waals surface area (Å²) in [6.07, 6.45) is 1.19. The maximum Gasteiger partial charge on any atom is 0.335 e. The molecule has 196 valence electrons. The minimum atomic E-state index is -4.20. The van der Waals surface area contributed by atoms with Crippen molar-refractivity contribution in [3.63, 3.8) is 0 Å². The summed E-state index contributed by atoms with van der Waals surface area (Å²) >= 11 is 0. The molecule has 0 aromatic heterocycles. The summed E-state index contributed by atoms with van der Waals surface area (Å²) in [7, 11) is -4.20. The van der Waals surface area contributed by atoms with Gasteiger partial charge in [-0.15, -0.1) is 0 Å². The molecule has 0 unspecified atom stereocenters. The van der Waals surface area contributed by atoms with Crippen molar-refractivity contribution in [2.45, 2.75) is 37.2 Å². The van der Waals surface area contributed by atoms with E-state index in [0.29, 0.717) is 5.56 Å². The molecule has 0 amide bonds. The van der Waals surface area contributed by atoms with E-state index in [1.54, 1.807) is 49.4 Å². The predicted octanol–water partition coefficient (Wildman–Crippen LogP) is 4.78. The van der Waals surface area contributed by atoms with Crippen LogP contribution in [0, 0.1) is 17.0 Å². The van der Waals surface area contributed by atoms with E-state index in [-0.39, 0.29) is 34.7 Å². The molecule has 0 aliphatic carbocycles. The van der Waals surface area contributed by atoms with Gasteiger partial charge in [0.05, 0.1) is 34.1 Å². The maximum absolute atomic E-state index is 14.1. The summed E-state index contributed by atoms with van der Waals surface area (Å²) in [6.45, 7) is 3.58. The van der Waals surface area contributed by atoms with E-state index in [2.05, 4.69) is 0 Å². The topological polar surface area (TPSA) is 124 Å². The molecule has 1 aliphatic rings. The number of nitrogens with zero attached hydrogens (tertiary/aromatic N) is 2. The number of Topliss-reactive ketones (excluding diaryl/α,β-unsaturated/α-hetero) is 1. The van der Waals surface area contributed by atoms with Crippen molar-refractivity contribution in [1.82, 2.24) is 4.31 Å². The van der Waals surface area contributed by atoms with Crippen LogP contribution in [0.3, 0.4) is 0 Å². The van der Waals surface area contributed by atoms with Gasteiger partial charge in [-0.05, 0) is 43.7 Å². The van der Waals surface area contributed by atoms with E-state index in [0.717, 1.165) is 5.56 Å². The third kappa shape index (κ3) is 5.41. The molecule has 0 N–H and O–H groups in total. The molecule has 0 saturated heterocycles. The van der Waals surface area contributed by atoms with Gasteiger partial charge in [-0.3, -0.25) is 14.9 Å². The highest BCUT2D eigenvalue weighted by Crippen LogP contribution is 2.42. The molecule has 10 heteroatoms. The fourth-order valence-corrected chi connectivity index (χ4v) is 6.16. The van der Waals surface area contributed by atoms with Crippen LogP contribution in [-0.2, 0) is 19.6 Å². The van der Waals surface area contributed by atoms with Crippen LogP contribution < -0.4 is 0 Å². The van der Waals surface area contributed by atoms with Crippen LogP contribution >= 0.6 is 0 Å². The highest BCUT2D eigenvalue weighted by molar-refractivity contribution is 7.89. The lowest BCUT2D eigenvalue weighted by Crippen LogP contribution is -2.40. The summed E-state index contributed by atoms with van der Waals surface area (Å²) in [4.78, 5) is 36.7. The lowest BCUT2D eigenvalue weighted by molar-refractivity contribution is -0.384. The molecule has 0 radical (unpaired) electrons. The number of nitro groups is 1. The van der Waals surface area contributed by atoms with E-state index >= 15 is 0 Å². The van der Waals surface area contributed by atoms with Gasteiger partial charge in [0.2, 0.25) is 10.0 Å². The number of aryl methyl sites for hydroxylation is 1. The Bertz CT molecular complexity index is 1480. The van der Waals surface area contributed by atoms with Crippen molar-refractivity contribution >= 4 is 27.5 Å². The first-order chi connectivity index (χ1) is 18.1. The van der Waals surface area contributed by atoms with Crippen LogP contribution in [0.25, 0.3) is 0 Å². The molecule has 3 aromatic carbocycles. The molecule has 2 atom stereocenters. The number of esters is 1. The Morgan fingerprint density at radius 3 is 2.18 bits per heavy atom. The van der Waals surface area contributed by atoms with Crippen LogP contribution in [0.15, 0.2) is 95.4 Å². The van der Waals surface area contributed by atoms with E-state index in [9.17, 15) is 28.1 Å². The number of benzene rings is 3. The maximum atomic E-state index is 14.1. The molecule has 0 spiro atoms. The Kier molecular flexibility index (Phi) is 7.84. The van der Waals surface area contributed by atoms with Gasteiger partial charge in [-0.1, -0.05) is 54.1 Å². The number of sulfonamides is 1. The Morgan fingerprint density at radius 1 is 0.974 bits per heavy atom. The van der Waals surface area contributed by atoms with E-state index in [1.165, 1.54) is 46.8 Å². The quantitative estimate of drug-likeness (QED) is 0.167. The van der Waals surface area contributed by atoms with Crippen molar-refractivity contribution < 1.29 is 27.7 Å². The summed E-state index contributed by atoms with van der Waals surface area (Å²) in [5.74, 6) is -1.10. The number of rotatable bonds is 9. The van der Waals surface area contributed by atoms with Crippen molar-refractivity contribution in [3.8, 4) is 0 Å². The zero-order valence-corrected chi connectivity index (χ0v) is 21.6. The molecule has 38 heavy (non-hydrogen) atoms. The number of carbonyl (C=O) groups is 2. The van der Waals surface area contributed by atoms with Gasteiger partial charge in [-0.2, -0.15) is 4.31 Å². The average Bonchev–Trinajstić information content (AvgIpc) is 3.29. The third-order valence-corrected chi connectivity index (χ3v) is 8.17. The smallest absolute Gasteiger partial charge is 0.335 e. The number of hydrogen-bond donors (Lipinski definition) is 0. The fourth-order valence-electron chi connectivity index (χ4n) is 4.43. The number of non-ortho nitro benzene ring substituents is 1. The largest absolute Gasteiger partial charge is 0.463 e. The minimum absolute atomic E-state index is 0.0234. The summed E-state index contributed by atoms with van der Waals surface area (Å²) < 4.78 is 34.6. The second kappa shape index (κ2) is 11.1. The molecule has 9 nitrogen and oxygen atoms in total. The molecule has 0 bridgehead atoms. The monoisotopic (exact) mass is 534 g/mol. The molecule has 1 aliphatic heterocycles. The predicted molar refractivity (Wildman–Crippen MR) is 140 cm³/mol. The number of ketones is 1. The van der Waals surface area contributed by atoms with Gasteiger partial charge < -0.3 is 4.74 Å². The molecule has 0 fully saturated rings. The standard InChI is InChI=1S/C28H26N2O7S/c1-3-37-28(32)25-17-23(18-26(31)20-11-13-22(14-12-20)30(33)34)29(27(25)21-7-5-4-6-8-21)38(35,36)24-15-9-19(2)10-16-24/h4-17,23,27H,3,18H2,1-2H3/t23-,27-/m0/s1. The Balaban J connectivity index is 1.81. The van der Waals surface area contributed by atoms with E-state index in [4.69, 9.17) is 4.74 Å². The summed E-state index contributed by atoms with van der Waals surface area (Å²) in [5.41, 5.74) is 1.57. The first-order valence-corrected chi connectivity index (χ1v) is 13.4. The average molecular weight is 535 g/mol. The molecular weight excluding hydrogens is 508 g/mol. The van der Waals surface area contributed by atoms with Crippen molar-refractivity contribution in [2.24, 2.45) is 0 Å². The highest BCUT2D eigenvalue weighted by atomic mass is 32.2. The van der Waals surface area contributed by atoms with Gasteiger partial charge >= 0.3 is 5.97 Å². The first kappa shape index (κ1) is 26.9. The lowest BCUT2D eigenvalue weighted by atomic mass is 10.0. The molecular formula is C28H26N2O7S. The number of nitro benzene ring substituents is 1. The Morgan fingerprint density at radius 2 is 1.61 bits per heavy atom.